The number of carbonyl (C=O) groups is 1. The summed E-state index contributed by atoms with van der Waals surface area (Å²) in [5.74, 6) is 0.177. The zero-order valence-electron chi connectivity index (χ0n) is 13.5. The maximum Gasteiger partial charge on any atom is 0.316 e. The number of methoxy groups -OCH3 is 1. The Morgan fingerprint density at radius 3 is 2.38 bits per heavy atom. The number of sulfonamides is 1. The number of nitrogens with one attached hydrogen (secondary N) is 1. The number of benzene rings is 1. The van der Waals surface area contributed by atoms with Crippen LogP contribution in [-0.2, 0) is 25.0 Å². The maximum absolute atomic E-state index is 12.3. The summed E-state index contributed by atoms with van der Waals surface area (Å²) in [6, 6.07) is 6.32. The van der Waals surface area contributed by atoms with Gasteiger partial charge in [-0.3, -0.25) is 4.79 Å². The van der Waals surface area contributed by atoms with E-state index in [1.165, 1.54) is 19.2 Å². The largest absolute Gasteiger partial charge is 0.468 e. The molecule has 1 aromatic rings. The quantitative estimate of drug-likeness (QED) is 0.701. The van der Waals surface area contributed by atoms with E-state index < -0.39 is 15.4 Å². The van der Waals surface area contributed by atoms with Crippen molar-refractivity contribution < 1.29 is 17.9 Å². The molecule has 6 nitrogen and oxygen atoms in total. The Bertz CT molecular complexity index is 697. The van der Waals surface area contributed by atoms with E-state index in [9.17, 15) is 13.2 Å². The maximum atomic E-state index is 12.3. The third-order valence-electron chi connectivity index (χ3n) is 4.78. The Kier molecular flexibility index (Phi) is 5.59. The topological polar surface area (TPSA) is 98.5 Å². The molecule has 0 aromatic heterocycles. The van der Waals surface area contributed by atoms with Crippen molar-refractivity contribution in [2.75, 3.05) is 13.7 Å². The first kappa shape index (κ1) is 19.2. The Balaban J connectivity index is 0.00000208. The van der Waals surface area contributed by atoms with E-state index in [2.05, 4.69) is 4.72 Å². The Labute approximate surface area is 148 Å². The number of rotatable bonds is 7. The molecule has 1 atom stereocenters. The monoisotopic (exact) mass is 374 g/mol. The molecule has 1 aromatic carbocycles. The summed E-state index contributed by atoms with van der Waals surface area (Å²) in [5.41, 5.74) is 6.14. The Hall–Kier alpha value is -1.15. The third-order valence-corrected chi connectivity index (χ3v) is 6.22. The number of hydrogen-bond donors (Lipinski definition) is 2. The van der Waals surface area contributed by atoms with E-state index in [4.69, 9.17) is 10.5 Å². The van der Waals surface area contributed by atoms with E-state index >= 15 is 0 Å². The van der Waals surface area contributed by atoms with Crippen LogP contribution >= 0.6 is 12.4 Å². The van der Waals surface area contributed by atoms with Crippen LogP contribution in [-0.4, -0.2) is 34.1 Å². The van der Waals surface area contributed by atoms with Gasteiger partial charge in [-0.2, -0.15) is 0 Å². The van der Waals surface area contributed by atoms with Crippen LogP contribution in [0.4, 0.5) is 0 Å². The molecule has 3 rings (SSSR count). The van der Waals surface area contributed by atoms with E-state index in [-0.39, 0.29) is 35.9 Å². The number of nitrogens with two attached hydrogens (primary N) is 1. The summed E-state index contributed by atoms with van der Waals surface area (Å²) in [6.07, 6.45) is 3.63. The molecule has 0 radical (unpaired) electrons. The minimum Gasteiger partial charge on any atom is -0.468 e. The number of esters is 1. The van der Waals surface area contributed by atoms with Crippen LogP contribution in [0, 0.1) is 5.92 Å². The molecule has 0 aliphatic heterocycles. The Morgan fingerprint density at radius 2 is 1.92 bits per heavy atom. The third kappa shape index (κ3) is 3.74. The summed E-state index contributed by atoms with van der Waals surface area (Å²) < 4.78 is 32.0. The lowest BCUT2D eigenvalue weighted by Crippen LogP contribution is -2.38. The lowest BCUT2D eigenvalue weighted by Gasteiger charge is -2.15. The van der Waals surface area contributed by atoms with Crippen molar-refractivity contribution in [1.29, 1.82) is 0 Å². The van der Waals surface area contributed by atoms with Crippen molar-refractivity contribution in [1.82, 2.24) is 4.72 Å². The highest BCUT2D eigenvalue weighted by Gasteiger charge is 2.52. The molecule has 2 fully saturated rings. The van der Waals surface area contributed by atoms with Crippen molar-refractivity contribution in [2.45, 2.75) is 42.0 Å². The van der Waals surface area contributed by atoms with Crippen LogP contribution in [0.25, 0.3) is 0 Å². The predicted molar refractivity (Wildman–Crippen MR) is 92.5 cm³/mol. The number of ether oxygens (including phenoxy) is 1. The van der Waals surface area contributed by atoms with Gasteiger partial charge in [0.25, 0.3) is 0 Å². The second kappa shape index (κ2) is 7.00. The molecule has 1 unspecified atom stereocenters. The fraction of sp³-hybridized carbons (Fsp3) is 0.562. The number of halogens is 1. The van der Waals surface area contributed by atoms with Crippen LogP contribution in [0.3, 0.4) is 0 Å². The van der Waals surface area contributed by atoms with Crippen LogP contribution in [0.2, 0.25) is 0 Å². The van der Waals surface area contributed by atoms with E-state index in [1.54, 1.807) is 12.1 Å². The molecule has 0 bridgehead atoms. The summed E-state index contributed by atoms with van der Waals surface area (Å²) in [4.78, 5) is 12.0. The van der Waals surface area contributed by atoms with Crippen LogP contribution in [0.1, 0.15) is 31.2 Å². The van der Waals surface area contributed by atoms with Crippen molar-refractivity contribution in [2.24, 2.45) is 11.7 Å². The fourth-order valence-electron chi connectivity index (χ4n) is 2.86. The first-order valence-electron chi connectivity index (χ1n) is 7.83. The number of carbonyl (C=O) groups excluding carboxylic acids is 1. The second-order valence-electron chi connectivity index (χ2n) is 6.45. The minimum absolute atomic E-state index is 0. The molecule has 2 aliphatic carbocycles. The second-order valence-corrected chi connectivity index (χ2v) is 8.22. The molecule has 2 aliphatic rings. The molecule has 3 N–H and O–H groups in total. The molecule has 8 heteroatoms. The molecule has 0 spiro atoms. The molecular formula is C16H23ClN2O4S. The van der Waals surface area contributed by atoms with Gasteiger partial charge in [0.15, 0.2) is 0 Å². The molecule has 134 valence electrons. The van der Waals surface area contributed by atoms with Crippen LogP contribution < -0.4 is 10.5 Å². The zero-order valence-corrected chi connectivity index (χ0v) is 15.2. The first-order valence-corrected chi connectivity index (χ1v) is 9.31. The van der Waals surface area contributed by atoms with Crippen molar-refractivity contribution >= 4 is 28.4 Å². The summed E-state index contributed by atoms with van der Waals surface area (Å²) >= 11 is 0. The van der Waals surface area contributed by atoms with Gasteiger partial charge in [0.2, 0.25) is 10.0 Å². The van der Waals surface area contributed by atoms with Crippen LogP contribution in [0.15, 0.2) is 29.2 Å². The van der Waals surface area contributed by atoms with Crippen LogP contribution in [0.5, 0.6) is 0 Å². The van der Waals surface area contributed by atoms with Gasteiger partial charge in [0.05, 0.1) is 17.4 Å². The normalized spacial score (nSPS) is 19.9. The van der Waals surface area contributed by atoms with Crippen molar-refractivity contribution in [3.05, 3.63) is 29.8 Å². The lowest BCUT2D eigenvalue weighted by atomic mass is 9.96. The summed E-state index contributed by atoms with van der Waals surface area (Å²) in [7, 11) is -2.21. The molecule has 0 heterocycles. The molecule has 0 amide bonds. The van der Waals surface area contributed by atoms with Gasteiger partial charge >= 0.3 is 5.97 Å². The number of hydrogen-bond acceptors (Lipinski definition) is 5. The summed E-state index contributed by atoms with van der Waals surface area (Å²) in [5, 5.41) is 0. The van der Waals surface area contributed by atoms with E-state index in [0.29, 0.717) is 5.92 Å². The molecule has 24 heavy (non-hydrogen) atoms. The first-order chi connectivity index (χ1) is 10.9. The van der Waals surface area contributed by atoms with Crippen molar-refractivity contribution in [3.63, 3.8) is 0 Å². The SMILES string of the molecule is COC(=O)C1(c2ccc(S(=O)(=O)NCC(N)C3CC3)cc2)CC1.Cl. The van der Waals surface area contributed by atoms with Crippen molar-refractivity contribution in [3.8, 4) is 0 Å². The van der Waals surface area contributed by atoms with Gasteiger partial charge in [-0.25, -0.2) is 13.1 Å². The van der Waals surface area contributed by atoms with E-state index in [0.717, 1.165) is 31.2 Å². The highest BCUT2D eigenvalue weighted by molar-refractivity contribution is 7.89. The predicted octanol–water partition coefficient (Wildman–Crippen LogP) is 1.33. The zero-order chi connectivity index (χ0) is 16.7. The minimum atomic E-state index is -3.57. The molecule has 0 saturated heterocycles. The summed E-state index contributed by atoms with van der Waals surface area (Å²) in [6.45, 7) is 0.251. The smallest absolute Gasteiger partial charge is 0.316 e. The van der Waals surface area contributed by atoms with Gasteiger partial charge in [-0.1, -0.05) is 12.1 Å². The van der Waals surface area contributed by atoms with Gasteiger partial charge in [-0.15, -0.1) is 12.4 Å². The van der Waals surface area contributed by atoms with Gasteiger partial charge < -0.3 is 10.5 Å². The Morgan fingerprint density at radius 1 is 1.33 bits per heavy atom. The highest BCUT2D eigenvalue weighted by Crippen LogP contribution is 2.49. The van der Waals surface area contributed by atoms with E-state index in [1.807, 2.05) is 0 Å². The van der Waals surface area contributed by atoms with Gasteiger partial charge in [-0.05, 0) is 49.3 Å². The lowest BCUT2D eigenvalue weighted by molar-refractivity contribution is -0.143. The standard InChI is InChI=1S/C16H22N2O4S.ClH/c1-22-15(19)16(8-9-16)12-4-6-13(7-5-12)23(20,21)18-10-14(17)11-2-3-11;/h4-7,11,14,18H,2-3,8-10,17H2,1H3;1H. The average Bonchev–Trinajstić information content (AvgIpc) is 3.44. The molecule has 2 saturated carbocycles. The average molecular weight is 375 g/mol. The highest BCUT2D eigenvalue weighted by atomic mass is 35.5. The fourth-order valence-corrected chi connectivity index (χ4v) is 3.94. The van der Waals surface area contributed by atoms with Gasteiger partial charge in [0.1, 0.15) is 0 Å². The molecular weight excluding hydrogens is 352 g/mol. The van der Waals surface area contributed by atoms with Gasteiger partial charge in [0, 0.05) is 12.6 Å².